The zero-order valence-electron chi connectivity index (χ0n) is 18.0. The molecule has 0 aliphatic carbocycles. The lowest BCUT2D eigenvalue weighted by Crippen LogP contribution is -2.08. The van der Waals surface area contributed by atoms with E-state index in [1.54, 1.807) is 26.2 Å². The number of oxime groups is 1. The zero-order chi connectivity index (χ0) is 23.1. The van der Waals surface area contributed by atoms with Gasteiger partial charge in [0.1, 0.15) is 10.6 Å². The van der Waals surface area contributed by atoms with Crippen molar-refractivity contribution in [3.63, 3.8) is 0 Å². The summed E-state index contributed by atoms with van der Waals surface area (Å²) in [4.78, 5) is 0.0605. The number of aryl methyl sites for hydroxylation is 1. The Balaban J connectivity index is 1.72. The molecule has 0 radical (unpaired) electrons. The van der Waals surface area contributed by atoms with Crippen LogP contribution in [-0.2, 0) is 32.4 Å². The van der Waals surface area contributed by atoms with Gasteiger partial charge >= 0.3 is 10.1 Å². The average Bonchev–Trinajstić information content (AvgIpc) is 2.79. The molecule has 0 saturated carbocycles. The van der Waals surface area contributed by atoms with Crippen LogP contribution < -0.4 is 4.74 Å². The minimum absolute atomic E-state index is 0.0605. The fraction of sp³-hybridized carbons (Fsp3) is 0.208. The number of halogens is 1. The van der Waals surface area contributed by atoms with E-state index in [2.05, 4.69) is 27.7 Å². The molecule has 0 saturated heterocycles. The summed E-state index contributed by atoms with van der Waals surface area (Å²) in [7, 11) is -2.36. The number of methoxy groups -OCH3 is 1. The summed E-state index contributed by atoms with van der Waals surface area (Å²) in [6, 6.07) is 19.8. The smallest absolute Gasteiger partial charge is 0.358 e. The lowest BCUT2D eigenvalue weighted by molar-refractivity contribution is 0.106. The summed E-state index contributed by atoms with van der Waals surface area (Å²) in [5.41, 5.74) is 4.12. The van der Waals surface area contributed by atoms with E-state index in [-0.39, 0.29) is 4.90 Å². The molecule has 0 aromatic heterocycles. The summed E-state index contributed by atoms with van der Waals surface area (Å²) in [5, 5.41) is 3.91. The minimum atomic E-state index is -3.99. The van der Waals surface area contributed by atoms with Crippen LogP contribution >= 0.6 is 22.6 Å². The third kappa shape index (κ3) is 6.30. The highest BCUT2D eigenvalue weighted by molar-refractivity contribution is 14.1. The Bertz CT molecular complexity index is 1190. The Labute approximate surface area is 202 Å². The first-order valence-corrected chi connectivity index (χ1v) is 12.3. The number of rotatable bonds is 9. The predicted octanol–water partition coefficient (Wildman–Crippen LogP) is 5.45. The molecule has 0 fully saturated rings. The van der Waals surface area contributed by atoms with Gasteiger partial charge in [0.25, 0.3) is 0 Å². The first-order valence-electron chi connectivity index (χ1n) is 9.83. The Morgan fingerprint density at radius 1 is 0.969 bits per heavy atom. The van der Waals surface area contributed by atoms with Crippen LogP contribution in [0, 0.1) is 10.5 Å². The van der Waals surface area contributed by atoms with E-state index in [0.717, 1.165) is 31.6 Å². The van der Waals surface area contributed by atoms with Crippen LogP contribution in [0.5, 0.6) is 5.75 Å². The van der Waals surface area contributed by atoms with Crippen molar-refractivity contribution in [2.45, 2.75) is 32.0 Å². The van der Waals surface area contributed by atoms with Crippen molar-refractivity contribution < 1.29 is 22.2 Å². The van der Waals surface area contributed by atoms with E-state index in [4.69, 9.17) is 13.8 Å². The molecule has 0 atom stereocenters. The highest BCUT2D eigenvalue weighted by Crippen LogP contribution is 2.21. The number of hydrogen-bond donors (Lipinski definition) is 0. The van der Waals surface area contributed by atoms with Crippen molar-refractivity contribution in [1.82, 2.24) is 0 Å². The maximum absolute atomic E-state index is 12.4. The van der Waals surface area contributed by atoms with Gasteiger partial charge < -0.3 is 9.47 Å². The quantitative estimate of drug-likeness (QED) is 0.196. The topological polar surface area (TPSA) is 74.2 Å². The van der Waals surface area contributed by atoms with Gasteiger partial charge in [-0.05, 0) is 72.3 Å². The maximum atomic E-state index is 12.4. The van der Waals surface area contributed by atoms with Crippen molar-refractivity contribution in [2.75, 3.05) is 7.11 Å². The van der Waals surface area contributed by atoms with E-state index in [0.29, 0.717) is 18.9 Å². The molecule has 0 aliphatic rings. The fourth-order valence-corrected chi connectivity index (χ4v) is 4.36. The fourth-order valence-electron chi connectivity index (χ4n) is 2.94. The van der Waals surface area contributed by atoms with Crippen LogP contribution in [0.15, 0.2) is 76.8 Å². The summed E-state index contributed by atoms with van der Waals surface area (Å²) in [5.74, 6) is 0.793. The highest BCUT2D eigenvalue weighted by atomic mass is 127. The third-order valence-electron chi connectivity index (χ3n) is 4.76. The van der Waals surface area contributed by atoms with Crippen LogP contribution in [0.25, 0.3) is 0 Å². The van der Waals surface area contributed by atoms with Crippen LogP contribution in [-0.4, -0.2) is 21.2 Å². The molecule has 0 N–H and O–H groups in total. The second kappa shape index (κ2) is 10.9. The van der Waals surface area contributed by atoms with Gasteiger partial charge in [0.15, 0.2) is 0 Å². The molecular weight excluding hydrogens is 541 g/mol. The molecule has 0 heterocycles. The van der Waals surface area contributed by atoms with Crippen LogP contribution in [0.4, 0.5) is 0 Å². The van der Waals surface area contributed by atoms with E-state index < -0.39 is 10.1 Å². The number of benzene rings is 3. The van der Waals surface area contributed by atoms with Gasteiger partial charge in [-0.1, -0.05) is 47.1 Å². The highest BCUT2D eigenvalue weighted by Gasteiger charge is 2.17. The van der Waals surface area contributed by atoms with Crippen molar-refractivity contribution in [2.24, 2.45) is 5.16 Å². The SMILES string of the molecule is COc1ccc(COCc2c(I)cccc2/C(C)=N/OS(=O)(=O)c2ccc(C)cc2)cc1. The summed E-state index contributed by atoms with van der Waals surface area (Å²) in [6.07, 6.45) is 0. The molecule has 0 bridgehead atoms. The van der Waals surface area contributed by atoms with Crippen molar-refractivity contribution in [3.05, 3.63) is 92.6 Å². The molecule has 0 aliphatic heterocycles. The molecule has 3 aromatic rings. The Morgan fingerprint density at radius 3 is 2.31 bits per heavy atom. The van der Waals surface area contributed by atoms with E-state index >= 15 is 0 Å². The predicted molar refractivity (Wildman–Crippen MR) is 132 cm³/mol. The minimum Gasteiger partial charge on any atom is -0.497 e. The van der Waals surface area contributed by atoms with Crippen LogP contribution in [0.3, 0.4) is 0 Å². The second-order valence-electron chi connectivity index (χ2n) is 7.13. The summed E-state index contributed by atoms with van der Waals surface area (Å²) >= 11 is 2.23. The van der Waals surface area contributed by atoms with E-state index in [1.165, 1.54) is 12.1 Å². The molecule has 168 valence electrons. The molecule has 3 aromatic carbocycles. The maximum Gasteiger partial charge on any atom is 0.358 e. The Morgan fingerprint density at radius 2 is 1.66 bits per heavy atom. The summed E-state index contributed by atoms with van der Waals surface area (Å²) < 4.78 is 41.9. The van der Waals surface area contributed by atoms with Gasteiger partial charge in [0, 0.05) is 14.7 Å². The van der Waals surface area contributed by atoms with Gasteiger partial charge in [-0.2, -0.15) is 8.42 Å². The molecule has 32 heavy (non-hydrogen) atoms. The van der Waals surface area contributed by atoms with Crippen LogP contribution in [0.2, 0.25) is 0 Å². The first-order chi connectivity index (χ1) is 15.3. The Kier molecular flexibility index (Phi) is 8.27. The van der Waals surface area contributed by atoms with Gasteiger partial charge in [-0.15, -0.1) is 0 Å². The first kappa shape index (κ1) is 24.2. The molecule has 0 amide bonds. The summed E-state index contributed by atoms with van der Waals surface area (Å²) in [6.45, 7) is 4.37. The molecular formula is C24H24INO5S. The van der Waals surface area contributed by atoms with Crippen molar-refractivity contribution in [1.29, 1.82) is 0 Å². The normalized spacial score (nSPS) is 11.9. The van der Waals surface area contributed by atoms with E-state index in [1.807, 2.05) is 49.4 Å². The average molecular weight is 565 g/mol. The molecule has 0 unspecified atom stereocenters. The lowest BCUT2D eigenvalue weighted by Gasteiger charge is -2.12. The number of ether oxygens (including phenoxy) is 2. The van der Waals surface area contributed by atoms with E-state index in [9.17, 15) is 8.42 Å². The zero-order valence-corrected chi connectivity index (χ0v) is 21.0. The monoisotopic (exact) mass is 565 g/mol. The molecule has 6 nitrogen and oxygen atoms in total. The van der Waals surface area contributed by atoms with Crippen LogP contribution in [0.1, 0.15) is 29.2 Å². The van der Waals surface area contributed by atoms with Gasteiger partial charge in [0.2, 0.25) is 0 Å². The lowest BCUT2D eigenvalue weighted by atomic mass is 10.0. The number of nitrogens with zero attached hydrogens (tertiary/aromatic N) is 1. The second-order valence-corrected chi connectivity index (χ2v) is 9.82. The molecule has 8 heteroatoms. The van der Waals surface area contributed by atoms with Crippen molar-refractivity contribution >= 4 is 38.4 Å². The molecule has 0 spiro atoms. The van der Waals surface area contributed by atoms with Gasteiger partial charge in [0.05, 0.1) is 26.0 Å². The standard InChI is InChI=1S/C24H24INO5S/c1-17-7-13-21(14-8-17)32(27,28)31-26-18(2)22-5-4-6-24(25)23(22)16-30-15-19-9-11-20(29-3)12-10-19/h4-14H,15-16H2,1-3H3/b26-18+. The number of hydrogen-bond acceptors (Lipinski definition) is 6. The third-order valence-corrected chi connectivity index (χ3v) is 6.90. The molecule has 3 rings (SSSR count). The van der Waals surface area contributed by atoms with Crippen molar-refractivity contribution in [3.8, 4) is 5.75 Å². The van der Waals surface area contributed by atoms with Gasteiger partial charge in [-0.3, -0.25) is 4.28 Å². The largest absolute Gasteiger partial charge is 0.497 e. The van der Waals surface area contributed by atoms with Gasteiger partial charge in [-0.25, -0.2) is 0 Å². The Hall–Kier alpha value is -2.43.